The minimum Gasteiger partial charge on any atom is -0.405 e. The molecular formula is C7H11ClN2O. The van der Waals surface area contributed by atoms with Crippen LogP contribution in [0.15, 0.2) is 35.5 Å². The Hall–Kier alpha value is -0.770. The van der Waals surface area contributed by atoms with Gasteiger partial charge in [0.15, 0.2) is 0 Å². The van der Waals surface area contributed by atoms with Crippen LogP contribution >= 0.6 is 11.6 Å². The molecule has 0 atom stereocenters. The molecule has 0 unspecified atom stereocenters. The second-order valence-electron chi connectivity index (χ2n) is 1.84. The lowest BCUT2D eigenvalue weighted by Crippen LogP contribution is -2.02. The number of halogens is 1. The summed E-state index contributed by atoms with van der Waals surface area (Å²) in [4.78, 5) is 4.38. The van der Waals surface area contributed by atoms with E-state index in [1.807, 2.05) is 0 Å². The molecule has 4 N–H and O–H groups in total. The van der Waals surface area contributed by atoms with E-state index < -0.39 is 0 Å². The fraction of sp³-hybridized carbons (Fsp3) is 0.143. The van der Waals surface area contributed by atoms with Gasteiger partial charge < -0.3 is 5.73 Å². The lowest BCUT2D eigenvalue weighted by atomic mass is 10.2. The topological polar surface area (TPSA) is 61.3 Å². The van der Waals surface area contributed by atoms with E-state index in [-0.39, 0.29) is 6.61 Å². The average Bonchev–Trinajstić information content (AvgIpc) is 1.87. The Balaban J connectivity index is 4.19. The highest BCUT2D eigenvalue weighted by Crippen LogP contribution is 2.05. The minimum absolute atomic E-state index is 0.263. The largest absolute Gasteiger partial charge is 0.405 e. The van der Waals surface area contributed by atoms with Crippen LogP contribution in [0.25, 0.3) is 0 Å². The van der Waals surface area contributed by atoms with Gasteiger partial charge in [0, 0.05) is 5.03 Å². The third-order valence-electron chi connectivity index (χ3n) is 0.902. The van der Waals surface area contributed by atoms with E-state index in [9.17, 15) is 0 Å². The predicted molar refractivity (Wildman–Crippen MR) is 46.5 cm³/mol. The van der Waals surface area contributed by atoms with Crippen molar-refractivity contribution in [2.24, 2.45) is 11.6 Å². The molecule has 3 nitrogen and oxygen atoms in total. The van der Waals surface area contributed by atoms with E-state index in [2.05, 4.69) is 11.4 Å². The fourth-order valence-electron chi connectivity index (χ4n) is 0.559. The lowest BCUT2D eigenvalue weighted by molar-refractivity contribution is 0.163. The van der Waals surface area contributed by atoms with E-state index in [1.165, 1.54) is 6.20 Å². The fourth-order valence-corrected chi connectivity index (χ4v) is 0.699. The molecular weight excluding hydrogens is 164 g/mol. The molecule has 0 heterocycles. The second kappa shape index (κ2) is 5.97. The summed E-state index contributed by atoms with van der Waals surface area (Å²) >= 11 is 5.50. The zero-order valence-corrected chi connectivity index (χ0v) is 6.84. The van der Waals surface area contributed by atoms with Crippen LogP contribution in [0.5, 0.6) is 0 Å². The summed E-state index contributed by atoms with van der Waals surface area (Å²) in [6.07, 6.45) is 4.64. The molecule has 0 bridgehead atoms. The Morgan fingerprint density at radius 2 is 2.27 bits per heavy atom. The van der Waals surface area contributed by atoms with Gasteiger partial charge in [0.1, 0.15) is 0 Å². The summed E-state index contributed by atoms with van der Waals surface area (Å²) < 4.78 is 0. The van der Waals surface area contributed by atoms with Crippen molar-refractivity contribution in [1.29, 1.82) is 0 Å². The van der Waals surface area contributed by atoms with Crippen molar-refractivity contribution in [3.8, 4) is 0 Å². The smallest absolute Gasteiger partial charge is 0.0931 e. The molecule has 0 rings (SSSR count). The van der Waals surface area contributed by atoms with Gasteiger partial charge in [-0.1, -0.05) is 18.2 Å². The van der Waals surface area contributed by atoms with Crippen LogP contribution in [0, 0.1) is 0 Å². The molecule has 0 spiro atoms. The van der Waals surface area contributed by atoms with Crippen LogP contribution in [-0.4, -0.2) is 6.61 Å². The zero-order chi connectivity index (χ0) is 8.69. The normalized spacial score (nSPS) is 12.4. The van der Waals surface area contributed by atoms with Gasteiger partial charge in [0.25, 0.3) is 0 Å². The second-order valence-corrected chi connectivity index (χ2v) is 2.32. The highest BCUT2D eigenvalue weighted by atomic mass is 35.5. The molecule has 0 aliphatic rings. The van der Waals surface area contributed by atoms with Gasteiger partial charge in [0.05, 0.1) is 6.61 Å². The quantitative estimate of drug-likeness (QED) is 0.494. The molecule has 0 fully saturated rings. The van der Waals surface area contributed by atoms with E-state index in [0.717, 1.165) is 5.57 Å². The SMILES string of the molecule is C=C(Cl)/C=C(\C=C/N)CON. The van der Waals surface area contributed by atoms with Crippen LogP contribution in [0.3, 0.4) is 0 Å². The first-order valence-electron chi connectivity index (χ1n) is 2.95. The molecule has 0 aliphatic heterocycles. The summed E-state index contributed by atoms with van der Waals surface area (Å²) in [6.45, 7) is 3.74. The summed E-state index contributed by atoms with van der Waals surface area (Å²) in [5.74, 6) is 4.85. The maximum absolute atomic E-state index is 5.50. The van der Waals surface area contributed by atoms with E-state index >= 15 is 0 Å². The molecule has 0 aromatic rings. The first kappa shape index (κ1) is 10.2. The van der Waals surface area contributed by atoms with Crippen molar-refractivity contribution in [3.63, 3.8) is 0 Å². The molecule has 0 radical (unpaired) electrons. The third-order valence-corrected chi connectivity index (χ3v) is 1.01. The number of hydrogen-bond acceptors (Lipinski definition) is 3. The third kappa shape index (κ3) is 5.66. The predicted octanol–water partition coefficient (Wildman–Crippen LogP) is 1.03. The van der Waals surface area contributed by atoms with Gasteiger partial charge in [-0.05, 0) is 23.9 Å². The minimum atomic E-state index is 0.263. The molecule has 0 aromatic heterocycles. The number of hydrogen-bond donors (Lipinski definition) is 2. The van der Waals surface area contributed by atoms with Crippen LogP contribution < -0.4 is 11.6 Å². The first-order chi connectivity index (χ1) is 5.20. The van der Waals surface area contributed by atoms with Gasteiger partial charge in [-0.25, -0.2) is 5.90 Å². The van der Waals surface area contributed by atoms with Gasteiger partial charge in [-0.3, -0.25) is 4.84 Å². The Bertz CT molecular complexity index is 187. The summed E-state index contributed by atoms with van der Waals surface area (Å²) in [5, 5.41) is 0.412. The molecule has 0 aromatic carbocycles. The van der Waals surface area contributed by atoms with Crippen molar-refractivity contribution in [2.75, 3.05) is 6.61 Å². The number of allylic oxidation sites excluding steroid dienone is 2. The van der Waals surface area contributed by atoms with Gasteiger partial charge >= 0.3 is 0 Å². The van der Waals surface area contributed by atoms with Crippen LogP contribution in [0.2, 0.25) is 0 Å². The van der Waals surface area contributed by atoms with Crippen molar-refractivity contribution in [1.82, 2.24) is 0 Å². The van der Waals surface area contributed by atoms with E-state index in [1.54, 1.807) is 12.2 Å². The van der Waals surface area contributed by atoms with Crippen molar-refractivity contribution < 1.29 is 4.84 Å². The first-order valence-corrected chi connectivity index (χ1v) is 3.33. The summed E-state index contributed by atoms with van der Waals surface area (Å²) in [6, 6.07) is 0. The Kier molecular flexibility index (Phi) is 5.56. The molecule has 4 heteroatoms. The molecule has 0 aliphatic carbocycles. The maximum atomic E-state index is 5.50. The number of nitrogens with two attached hydrogens (primary N) is 2. The molecule has 0 saturated carbocycles. The molecule has 0 amide bonds. The highest BCUT2D eigenvalue weighted by molar-refractivity contribution is 6.30. The van der Waals surface area contributed by atoms with Crippen LogP contribution in [-0.2, 0) is 4.84 Å². The highest BCUT2D eigenvalue weighted by Gasteiger charge is 1.91. The standard InChI is InChI=1S/C7H11ClN2O/c1-6(8)4-7(2-3-9)5-11-10/h2-4H,1,5,9-10H2/b3-2-,7-4+. The van der Waals surface area contributed by atoms with E-state index in [0.29, 0.717) is 5.03 Å². The Morgan fingerprint density at radius 1 is 1.64 bits per heavy atom. The lowest BCUT2D eigenvalue weighted by Gasteiger charge is -1.97. The summed E-state index contributed by atoms with van der Waals surface area (Å²) in [5.41, 5.74) is 5.92. The summed E-state index contributed by atoms with van der Waals surface area (Å²) in [7, 11) is 0. The van der Waals surface area contributed by atoms with Gasteiger partial charge in [-0.2, -0.15) is 0 Å². The molecule has 11 heavy (non-hydrogen) atoms. The van der Waals surface area contributed by atoms with Gasteiger partial charge in [0.2, 0.25) is 0 Å². The van der Waals surface area contributed by atoms with E-state index in [4.69, 9.17) is 23.2 Å². The van der Waals surface area contributed by atoms with Crippen LogP contribution in [0.4, 0.5) is 0 Å². The van der Waals surface area contributed by atoms with Crippen molar-refractivity contribution in [2.45, 2.75) is 0 Å². The van der Waals surface area contributed by atoms with Crippen molar-refractivity contribution >= 4 is 11.6 Å². The van der Waals surface area contributed by atoms with Crippen LogP contribution in [0.1, 0.15) is 0 Å². The van der Waals surface area contributed by atoms with Gasteiger partial charge in [-0.15, -0.1) is 0 Å². The monoisotopic (exact) mass is 174 g/mol. The Labute approximate surface area is 70.9 Å². The number of rotatable bonds is 4. The Morgan fingerprint density at radius 3 is 2.64 bits per heavy atom. The maximum Gasteiger partial charge on any atom is 0.0931 e. The zero-order valence-electron chi connectivity index (χ0n) is 6.09. The van der Waals surface area contributed by atoms with Crippen molar-refractivity contribution in [3.05, 3.63) is 35.5 Å². The molecule has 0 saturated heterocycles. The average molecular weight is 175 g/mol. The molecule has 62 valence electrons.